The molecule has 1 aromatic heterocycles. The van der Waals surface area contributed by atoms with Gasteiger partial charge in [0.25, 0.3) is 0 Å². The molecule has 2 nitrogen and oxygen atoms in total. The molecule has 0 aliphatic rings. The molecule has 102 valence electrons. The number of benzene rings is 2. The molecule has 0 aliphatic carbocycles. The minimum absolute atomic E-state index is 0.267. The fourth-order valence-corrected chi connectivity index (χ4v) is 2.66. The van der Waals surface area contributed by atoms with Crippen LogP contribution in [0.5, 0.6) is 0 Å². The monoisotopic (exact) mass is 284 g/mol. The predicted octanol–water partition coefficient (Wildman–Crippen LogP) is 4.67. The van der Waals surface area contributed by atoms with Crippen molar-refractivity contribution >= 4 is 22.5 Å². The SMILES string of the molecule is CC(NCc1cccc2[nH]ccc12)c1cccc(Cl)c1. The lowest BCUT2D eigenvalue weighted by Crippen LogP contribution is -2.18. The summed E-state index contributed by atoms with van der Waals surface area (Å²) in [6.07, 6.45) is 1.98. The van der Waals surface area contributed by atoms with E-state index in [1.807, 2.05) is 24.4 Å². The van der Waals surface area contributed by atoms with Gasteiger partial charge < -0.3 is 10.3 Å². The molecule has 0 fully saturated rings. The van der Waals surface area contributed by atoms with Crippen LogP contribution >= 0.6 is 11.6 Å². The summed E-state index contributed by atoms with van der Waals surface area (Å²) in [6.45, 7) is 2.99. The molecule has 3 heteroatoms. The summed E-state index contributed by atoms with van der Waals surface area (Å²) in [5, 5.41) is 5.61. The van der Waals surface area contributed by atoms with Crippen LogP contribution in [0.4, 0.5) is 0 Å². The molecule has 0 saturated carbocycles. The van der Waals surface area contributed by atoms with Crippen LogP contribution in [0.25, 0.3) is 10.9 Å². The van der Waals surface area contributed by atoms with Gasteiger partial charge >= 0.3 is 0 Å². The summed E-state index contributed by atoms with van der Waals surface area (Å²) in [5.74, 6) is 0. The van der Waals surface area contributed by atoms with Crippen LogP contribution in [0.3, 0.4) is 0 Å². The second kappa shape index (κ2) is 5.70. The summed E-state index contributed by atoms with van der Waals surface area (Å²) in [7, 11) is 0. The largest absolute Gasteiger partial charge is 0.361 e. The number of hydrogen-bond donors (Lipinski definition) is 2. The molecule has 2 aromatic carbocycles. The minimum Gasteiger partial charge on any atom is -0.361 e. The Morgan fingerprint density at radius 2 is 2.00 bits per heavy atom. The number of hydrogen-bond acceptors (Lipinski definition) is 1. The second-order valence-electron chi connectivity index (χ2n) is 5.01. The van der Waals surface area contributed by atoms with Crippen LogP contribution in [-0.2, 0) is 6.54 Å². The van der Waals surface area contributed by atoms with Crippen LogP contribution in [0.2, 0.25) is 5.02 Å². The van der Waals surface area contributed by atoms with Gasteiger partial charge in [0, 0.05) is 34.7 Å². The molecule has 1 unspecified atom stereocenters. The molecule has 3 rings (SSSR count). The molecular formula is C17H17ClN2. The Morgan fingerprint density at radius 3 is 2.85 bits per heavy atom. The lowest BCUT2D eigenvalue weighted by Gasteiger charge is -2.15. The highest BCUT2D eigenvalue weighted by atomic mass is 35.5. The maximum Gasteiger partial charge on any atom is 0.0457 e. The molecule has 3 aromatic rings. The zero-order valence-corrected chi connectivity index (χ0v) is 12.1. The van der Waals surface area contributed by atoms with Crippen molar-refractivity contribution in [2.45, 2.75) is 19.5 Å². The average molecular weight is 285 g/mol. The van der Waals surface area contributed by atoms with E-state index >= 15 is 0 Å². The smallest absolute Gasteiger partial charge is 0.0457 e. The second-order valence-corrected chi connectivity index (χ2v) is 5.45. The van der Waals surface area contributed by atoms with Crippen LogP contribution in [0, 0.1) is 0 Å². The molecule has 2 N–H and O–H groups in total. The third-order valence-electron chi connectivity index (χ3n) is 3.63. The van der Waals surface area contributed by atoms with Gasteiger partial charge in [0.15, 0.2) is 0 Å². The van der Waals surface area contributed by atoms with E-state index in [0.717, 1.165) is 11.6 Å². The standard InChI is InChI=1S/C17H17ClN2/c1-12(13-4-2-6-15(18)10-13)20-11-14-5-3-7-17-16(14)8-9-19-17/h2-10,12,19-20H,11H2,1H3. The van der Waals surface area contributed by atoms with Crippen molar-refractivity contribution in [3.63, 3.8) is 0 Å². The lowest BCUT2D eigenvalue weighted by atomic mass is 10.1. The maximum absolute atomic E-state index is 6.04. The van der Waals surface area contributed by atoms with Crippen LogP contribution in [-0.4, -0.2) is 4.98 Å². The van der Waals surface area contributed by atoms with Crippen molar-refractivity contribution in [1.82, 2.24) is 10.3 Å². The minimum atomic E-state index is 0.267. The number of rotatable bonds is 4. The lowest BCUT2D eigenvalue weighted by molar-refractivity contribution is 0.576. The number of aromatic amines is 1. The van der Waals surface area contributed by atoms with E-state index in [1.165, 1.54) is 22.0 Å². The summed E-state index contributed by atoms with van der Waals surface area (Å²) in [4.78, 5) is 3.24. The van der Waals surface area contributed by atoms with E-state index in [4.69, 9.17) is 11.6 Å². The van der Waals surface area contributed by atoms with Gasteiger partial charge in [-0.3, -0.25) is 0 Å². The molecule has 0 radical (unpaired) electrons. The van der Waals surface area contributed by atoms with Crippen molar-refractivity contribution in [2.75, 3.05) is 0 Å². The summed E-state index contributed by atoms with van der Waals surface area (Å²) >= 11 is 6.04. The average Bonchev–Trinajstić information content (AvgIpc) is 2.93. The molecule has 0 aliphatic heterocycles. The van der Waals surface area contributed by atoms with Crippen LogP contribution in [0.15, 0.2) is 54.7 Å². The first-order valence-corrected chi connectivity index (χ1v) is 7.15. The Hall–Kier alpha value is -1.77. The van der Waals surface area contributed by atoms with Gasteiger partial charge in [-0.15, -0.1) is 0 Å². The van der Waals surface area contributed by atoms with E-state index in [0.29, 0.717) is 0 Å². The molecule has 1 atom stereocenters. The molecule has 0 bridgehead atoms. The van der Waals surface area contributed by atoms with Gasteiger partial charge in [0.1, 0.15) is 0 Å². The highest BCUT2D eigenvalue weighted by Crippen LogP contribution is 2.20. The van der Waals surface area contributed by atoms with Gasteiger partial charge in [-0.2, -0.15) is 0 Å². The van der Waals surface area contributed by atoms with Gasteiger partial charge in [0.2, 0.25) is 0 Å². The summed E-state index contributed by atoms with van der Waals surface area (Å²) in [6, 6.07) is 16.7. The third kappa shape index (κ3) is 2.72. The van der Waals surface area contributed by atoms with Crippen molar-refractivity contribution in [3.8, 4) is 0 Å². The van der Waals surface area contributed by atoms with Gasteiger partial charge in [-0.25, -0.2) is 0 Å². The van der Waals surface area contributed by atoms with Crippen molar-refractivity contribution in [1.29, 1.82) is 0 Å². The normalized spacial score (nSPS) is 12.7. The number of nitrogens with one attached hydrogen (secondary N) is 2. The Labute approximate surface area is 123 Å². The number of aromatic nitrogens is 1. The van der Waals surface area contributed by atoms with Crippen LogP contribution in [0.1, 0.15) is 24.1 Å². The first-order chi connectivity index (χ1) is 9.74. The number of fused-ring (bicyclic) bond motifs is 1. The summed E-state index contributed by atoms with van der Waals surface area (Å²) in [5.41, 5.74) is 3.69. The third-order valence-corrected chi connectivity index (χ3v) is 3.87. The Morgan fingerprint density at radius 1 is 1.15 bits per heavy atom. The molecular weight excluding hydrogens is 268 g/mol. The van der Waals surface area contributed by atoms with Gasteiger partial charge in [0.05, 0.1) is 0 Å². The zero-order chi connectivity index (χ0) is 13.9. The number of H-pyrrole nitrogens is 1. The van der Waals surface area contributed by atoms with E-state index < -0.39 is 0 Å². The first-order valence-electron chi connectivity index (χ1n) is 6.78. The predicted molar refractivity (Wildman–Crippen MR) is 85.0 cm³/mol. The topological polar surface area (TPSA) is 27.8 Å². The highest BCUT2D eigenvalue weighted by molar-refractivity contribution is 6.30. The first kappa shape index (κ1) is 13.2. The Balaban J connectivity index is 1.74. The Bertz CT molecular complexity index is 718. The van der Waals surface area contributed by atoms with E-state index in [2.05, 4.69) is 47.6 Å². The molecule has 20 heavy (non-hydrogen) atoms. The van der Waals surface area contributed by atoms with E-state index in [9.17, 15) is 0 Å². The molecule has 0 saturated heterocycles. The molecule has 0 amide bonds. The number of halogens is 1. The van der Waals surface area contributed by atoms with E-state index in [-0.39, 0.29) is 6.04 Å². The van der Waals surface area contributed by atoms with Crippen molar-refractivity contribution < 1.29 is 0 Å². The van der Waals surface area contributed by atoms with Crippen molar-refractivity contribution in [3.05, 3.63) is 70.9 Å². The summed E-state index contributed by atoms with van der Waals surface area (Å²) < 4.78 is 0. The molecule has 1 heterocycles. The van der Waals surface area contributed by atoms with E-state index in [1.54, 1.807) is 0 Å². The van der Waals surface area contributed by atoms with Gasteiger partial charge in [-0.1, -0.05) is 35.9 Å². The van der Waals surface area contributed by atoms with Crippen LogP contribution < -0.4 is 5.32 Å². The zero-order valence-electron chi connectivity index (χ0n) is 11.4. The fraction of sp³-hybridized carbons (Fsp3) is 0.176. The van der Waals surface area contributed by atoms with Gasteiger partial charge in [-0.05, 0) is 42.3 Å². The highest BCUT2D eigenvalue weighted by Gasteiger charge is 2.07. The Kier molecular flexibility index (Phi) is 3.77. The molecule has 0 spiro atoms. The quantitative estimate of drug-likeness (QED) is 0.716. The maximum atomic E-state index is 6.04. The fourth-order valence-electron chi connectivity index (χ4n) is 2.46. The van der Waals surface area contributed by atoms with Crippen molar-refractivity contribution in [2.24, 2.45) is 0 Å².